The number of hydrogen-bond donors (Lipinski definition) is 2. The Kier molecular flexibility index (Phi) is 4.43. The van der Waals surface area contributed by atoms with E-state index in [1.54, 1.807) is 7.11 Å². The van der Waals surface area contributed by atoms with Gasteiger partial charge in [-0.15, -0.1) is 0 Å². The molecule has 0 bridgehead atoms. The molecule has 3 nitrogen and oxygen atoms in total. The predicted molar refractivity (Wildman–Crippen MR) is 76.2 cm³/mol. The van der Waals surface area contributed by atoms with Crippen LogP contribution in [0, 0.1) is 0 Å². The molecule has 2 rings (SSSR count). The lowest BCUT2D eigenvalue weighted by molar-refractivity contribution is 0.414. The van der Waals surface area contributed by atoms with Crippen molar-refractivity contribution in [2.75, 3.05) is 13.7 Å². The van der Waals surface area contributed by atoms with Crippen molar-refractivity contribution in [3.05, 3.63) is 29.8 Å². The van der Waals surface area contributed by atoms with Gasteiger partial charge in [0.25, 0.3) is 0 Å². The summed E-state index contributed by atoms with van der Waals surface area (Å²) in [4.78, 5) is 10.9. The highest BCUT2D eigenvalue weighted by molar-refractivity contribution is 6.74. The van der Waals surface area contributed by atoms with Crippen molar-refractivity contribution in [1.82, 2.24) is 0 Å². The monoisotopic (exact) mass is 265 g/mol. The zero-order chi connectivity index (χ0) is 13.0. The first kappa shape index (κ1) is 13.6. The van der Waals surface area contributed by atoms with Crippen molar-refractivity contribution in [3.63, 3.8) is 0 Å². The van der Waals surface area contributed by atoms with Gasteiger partial charge in [0, 0.05) is 5.54 Å². The van der Waals surface area contributed by atoms with E-state index in [1.165, 1.54) is 12.0 Å². The Balaban J connectivity index is 2.20. The lowest BCUT2D eigenvalue weighted by Gasteiger charge is -2.36. The van der Waals surface area contributed by atoms with Crippen LogP contribution in [0.5, 0.6) is 5.75 Å². The summed E-state index contributed by atoms with van der Waals surface area (Å²) >= 11 is 0. The second-order valence-corrected chi connectivity index (χ2v) is 9.13. The summed E-state index contributed by atoms with van der Waals surface area (Å²) in [5, 5.41) is 0. The molecule has 1 atom stereocenters. The molecule has 0 saturated carbocycles. The Hall–Kier alpha value is -0.843. The van der Waals surface area contributed by atoms with E-state index in [9.17, 15) is 4.80 Å². The maximum atomic E-state index is 10.9. The lowest BCUT2D eigenvalue weighted by atomic mass is 10.1. The third kappa shape index (κ3) is 2.76. The van der Waals surface area contributed by atoms with Gasteiger partial charge < -0.3 is 15.3 Å². The number of methoxy groups -OCH3 is 1. The molecule has 0 radical (unpaired) electrons. The molecular formula is C14H23NO2Si. The molecule has 0 aromatic heterocycles. The fourth-order valence-electron chi connectivity index (χ4n) is 3.01. The van der Waals surface area contributed by atoms with E-state index in [-0.39, 0.29) is 5.54 Å². The van der Waals surface area contributed by atoms with Crippen LogP contribution in [0.2, 0.25) is 12.1 Å². The first-order chi connectivity index (χ1) is 8.69. The molecule has 1 aromatic carbocycles. The quantitative estimate of drug-likeness (QED) is 0.822. The fourth-order valence-corrected chi connectivity index (χ4v) is 6.94. The highest BCUT2D eigenvalue weighted by Gasteiger charge is 2.41. The van der Waals surface area contributed by atoms with Gasteiger partial charge in [-0.25, -0.2) is 0 Å². The number of hydrogen-bond acceptors (Lipinski definition) is 3. The number of ether oxygens (including phenoxy) is 1. The fraction of sp³-hybridized carbons (Fsp3) is 0.571. The minimum atomic E-state index is -2.20. The van der Waals surface area contributed by atoms with Gasteiger partial charge >= 0.3 is 0 Å². The second kappa shape index (κ2) is 5.86. The molecule has 1 heterocycles. The van der Waals surface area contributed by atoms with Crippen LogP contribution in [0.25, 0.3) is 0 Å². The summed E-state index contributed by atoms with van der Waals surface area (Å²) < 4.78 is 5.17. The SMILES string of the molecule is COc1ccc([C@H](CN)[Si]2(O)CCCCC2)cc1. The Labute approximate surface area is 110 Å². The minimum absolute atomic E-state index is 0.170. The van der Waals surface area contributed by atoms with Gasteiger partial charge in [-0.3, -0.25) is 0 Å². The smallest absolute Gasteiger partial charge is 0.197 e. The molecule has 1 aliphatic rings. The van der Waals surface area contributed by atoms with E-state index < -0.39 is 8.32 Å². The van der Waals surface area contributed by atoms with Gasteiger partial charge in [0.05, 0.1) is 7.11 Å². The highest BCUT2D eigenvalue weighted by atomic mass is 28.4. The molecule has 1 fully saturated rings. The van der Waals surface area contributed by atoms with E-state index >= 15 is 0 Å². The van der Waals surface area contributed by atoms with Crippen LogP contribution >= 0.6 is 0 Å². The molecule has 0 amide bonds. The predicted octanol–water partition coefficient (Wildman–Crippen LogP) is 2.40. The molecule has 0 aliphatic carbocycles. The van der Waals surface area contributed by atoms with Gasteiger partial charge in [-0.1, -0.05) is 31.4 Å². The van der Waals surface area contributed by atoms with E-state index in [2.05, 4.69) is 12.1 Å². The molecule has 1 saturated heterocycles. The molecule has 0 spiro atoms. The Morgan fingerprint density at radius 1 is 1.22 bits per heavy atom. The Bertz CT molecular complexity index is 374. The molecule has 1 aromatic rings. The summed E-state index contributed by atoms with van der Waals surface area (Å²) in [6.07, 6.45) is 3.58. The second-order valence-electron chi connectivity index (χ2n) is 5.23. The van der Waals surface area contributed by atoms with E-state index in [4.69, 9.17) is 10.5 Å². The average Bonchev–Trinajstić information content (AvgIpc) is 2.41. The number of benzene rings is 1. The van der Waals surface area contributed by atoms with Gasteiger partial charge in [0.2, 0.25) is 0 Å². The van der Waals surface area contributed by atoms with Gasteiger partial charge in [0.1, 0.15) is 5.75 Å². The van der Waals surface area contributed by atoms with Gasteiger partial charge in [-0.05, 0) is 36.3 Å². The number of rotatable bonds is 4. The van der Waals surface area contributed by atoms with Crippen molar-refractivity contribution in [3.8, 4) is 5.75 Å². The topological polar surface area (TPSA) is 55.5 Å². The molecule has 1 aliphatic heterocycles. The first-order valence-corrected chi connectivity index (χ1v) is 9.20. The van der Waals surface area contributed by atoms with Crippen LogP contribution in [-0.2, 0) is 0 Å². The third-order valence-corrected chi connectivity index (χ3v) is 8.43. The maximum Gasteiger partial charge on any atom is 0.197 e. The van der Waals surface area contributed by atoms with Gasteiger partial charge in [-0.2, -0.15) is 0 Å². The molecular weight excluding hydrogens is 242 g/mol. The Morgan fingerprint density at radius 3 is 2.33 bits per heavy atom. The van der Waals surface area contributed by atoms with Gasteiger partial charge in [0.15, 0.2) is 8.32 Å². The molecule has 100 valence electrons. The lowest BCUT2D eigenvalue weighted by Crippen LogP contribution is -2.46. The van der Waals surface area contributed by atoms with E-state index in [0.717, 1.165) is 30.7 Å². The summed E-state index contributed by atoms with van der Waals surface area (Å²) in [7, 11) is -0.535. The van der Waals surface area contributed by atoms with Crippen LogP contribution in [0.15, 0.2) is 24.3 Å². The summed E-state index contributed by atoms with van der Waals surface area (Å²) in [6, 6.07) is 10.0. The standard InChI is InChI=1S/C14H23NO2Si/c1-17-13-7-5-12(6-8-13)14(11-15)18(16)9-3-2-4-10-18/h5-8,14,16H,2-4,9-11,15H2,1H3/t14-/m0/s1. The van der Waals surface area contributed by atoms with Crippen molar-refractivity contribution in [1.29, 1.82) is 0 Å². The van der Waals surface area contributed by atoms with Crippen molar-refractivity contribution in [2.24, 2.45) is 5.73 Å². The van der Waals surface area contributed by atoms with Crippen molar-refractivity contribution in [2.45, 2.75) is 36.9 Å². The summed E-state index contributed by atoms with van der Waals surface area (Å²) in [6.45, 7) is 0.551. The van der Waals surface area contributed by atoms with Crippen LogP contribution in [0.1, 0.15) is 30.4 Å². The van der Waals surface area contributed by atoms with Crippen LogP contribution in [0.3, 0.4) is 0 Å². The van der Waals surface area contributed by atoms with Crippen LogP contribution in [0.4, 0.5) is 0 Å². The summed E-state index contributed by atoms with van der Waals surface area (Å²) in [5.74, 6) is 0.854. The first-order valence-electron chi connectivity index (χ1n) is 6.76. The number of nitrogens with two attached hydrogens (primary N) is 1. The Morgan fingerprint density at radius 2 is 1.83 bits per heavy atom. The molecule has 3 N–H and O–H groups in total. The molecule has 0 unspecified atom stereocenters. The van der Waals surface area contributed by atoms with Crippen molar-refractivity contribution < 1.29 is 9.53 Å². The van der Waals surface area contributed by atoms with Crippen LogP contribution < -0.4 is 10.5 Å². The van der Waals surface area contributed by atoms with Crippen LogP contribution in [-0.4, -0.2) is 26.8 Å². The molecule has 18 heavy (non-hydrogen) atoms. The summed E-state index contributed by atoms with van der Waals surface area (Å²) in [5.41, 5.74) is 7.28. The highest BCUT2D eigenvalue weighted by Crippen LogP contribution is 2.37. The maximum absolute atomic E-state index is 10.9. The zero-order valence-corrected chi connectivity index (χ0v) is 12.1. The zero-order valence-electron chi connectivity index (χ0n) is 11.1. The largest absolute Gasteiger partial charge is 0.497 e. The molecule has 4 heteroatoms. The van der Waals surface area contributed by atoms with E-state index in [0.29, 0.717) is 6.54 Å². The third-order valence-electron chi connectivity index (χ3n) is 4.12. The van der Waals surface area contributed by atoms with E-state index in [1.807, 2.05) is 12.1 Å². The van der Waals surface area contributed by atoms with Crippen molar-refractivity contribution >= 4 is 8.32 Å². The minimum Gasteiger partial charge on any atom is -0.497 e. The normalized spacial score (nSPS) is 20.4. The average molecular weight is 265 g/mol.